The van der Waals surface area contributed by atoms with Crippen LogP contribution >= 0.6 is 0 Å². The third-order valence-electron chi connectivity index (χ3n) is 4.30. The second-order valence-electron chi connectivity index (χ2n) is 5.48. The number of aliphatic hydroxyl groups is 1. The van der Waals surface area contributed by atoms with Crippen molar-refractivity contribution in [1.29, 1.82) is 0 Å². The summed E-state index contributed by atoms with van der Waals surface area (Å²) in [6.45, 7) is 6.14. The summed E-state index contributed by atoms with van der Waals surface area (Å²) in [5.74, 6) is 1.47. The predicted octanol–water partition coefficient (Wildman–Crippen LogP) is 0.627. The molecule has 0 aliphatic carbocycles. The number of hydrogen-bond donors (Lipinski definition) is 1. The van der Waals surface area contributed by atoms with E-state index in [1.807, 2.05) is 6.20 Å². The molecule has 106 valence electrons. The Hall–Kier alpha value is -0.910. The van der Waals surface area contributed by atoms with Gasteiger partial charge in [0, 0.05) is 50.4 Å². The molecule has 2 aliphatic heterocycles. The van der Waals surface area contributed by atoms with Gasteiger partial charge < -0.3 is 14.4 Å². The summed E-state index contributed by atoms with van der Waals surface area (Å²) >= 11 is 0. The molecule has 3 heterocycles. The quantitative estimate of drug-likeness (QED) is 0.867. The molecule has 3 rings (SSSR count). The largest absolute Gasteiger partial charge is 0.396 e. The number of hydrogen-bond acceptors (Lipinski definition) is 4. The van der Waals surface area contributed by atoms with Crippen LogP contribution in [0.25, 0.3) is 0 Å². The standard InChI is InChI=1S/C14H23N3O2/c18-11-12-2-1-4-17-13(12)10-15-14(17)3-5-16-6-8-19-9-7-16/h10,12,18H,1-9,11H2. The molecule has 19 heavy (non-hydrogen) atoms. The number of aromatic nitrogens is 2. The Morgan fingerprint density at radius 3 is 2.95 bits per heavy atom. The van der Waals surface area contributed by atoms with Crippen LogP contribution in [0.3, 0.4) is 0 Å². The van der Waals surface area contributed by atoms with Gasteiger partial charge in [0.2, 0.25) is 0 Å². The highest BCUT2D eigenvalue weighted by Crippen LogP contribution is 2.27. The fourth-order valence-corrected chi connectivity index (χ4v) is 3.12. The van der Waals surface area contributed by atoms with Crippen LogP contribution in [0.2, 0.25) is 0 Å². The van der Waals surface area contributed by atoms with Crippen molar-refractivity contribution in [3.63, 3.8) is 0 Å². The first-order valence-corrected chi connectivity index (χ1v) is 7.33. The molecular formula is C14H23N3O2. The van der Waals surface area contributed by atoms with E-state index in [9.17, 15) is 5.11 Å². The Morgan fingerprint density at radius 2 is 2.16 bits per heavy atom. The minimum Gasteiger partial charge on any atom is -0.396 e. The number of nitrogens with zero attached hydrogens (tertiary/aromatic N) is 3. The van der Waals surface area contributed by atoms with Crippen LogP contribution in [-0.2, 0) is 17.7 Å². The lowest BCUT2D eigenvalue weighted by molar-refractivity contribution is 0.0381. The normalized spacial score (nSPS) is 24.4. The second kappa shape index (κ2) is 6.03. The third kappa shape index (κ3) is 2.83. The monoisotopic (exact) mass is 265 g/mol. The molecule has 1 saturated heterocycles. The maximum atomic E-state index is 9.42. The van der Waals surface area contributed by atoms with Crippen molar-refractivity contribution in [3.05, 3.63) is 17.7 Å². The number of aliphatic hydroxyl groups excluding tert-OH is 1. The lowest BCUT2D eigenvalue weighted by Crippen LogP contribution is -2.37. The molecule has 1 atom stereocenters. The minimum absolute atomic E-state index is 0.245. The zero-order valence-electron chi connectivity index (χ0n) is 11.4. The first kappa shape index (κ1) is 13.1. The highest BCUT2D eigenvalue weighted by atomic mass is 16.5. The summed E-state index contributed by atoms with van der Waals surface area (Å²) in [6.07, 6.45) is 5.21. The van der Waals surface area contributed by atoms with E-state index in [4.69, 9.17) is 4.74 Å². The molecular weight excluding hydrogens is 242 g/mol. The SMILES string of the molecule is OCC1CCCn2c1cnc2CCN1CCOCC1. The van der Waals surface area contributed by atoms with E-state index < -0.39 is 0 Å². The van der Waals surface area contributed by atoms with Crippen LogP contribution in [0.5, 0.6) is 0 Å². The van der Waals surface area contributed by atoms with Crippen molar-refractivity contribution in [3.8, 4) is 0 Å². The van der Waals surface area contributed by atoms with Crippen LogP contribution in [-0.4, -0.2) is 59.0 Å². The van der Waals surface area contributed by atoms with Gasteiger partial charge in [-0.25, -0.2) is 4.98 Å². The molecule has 2 aliphatic rings. The minimum atomic E-state index is 0.245. The van der Waals surface area contributed by atoms with Gasteiger partial charge in [-0.2, -0.15) is 0 Å². The highest BCUT2D eigenvalue weighted by molar-refractivity contribution is 5.13. The Kier molecular flexibility index (Phi) is 4.15. The van der Waals surface area contributed by atoms with Crippen molar-refractivity contribution in [1.82, 2.24) is 14.5 Å². The number of morpholine rings is 1. The van der Waals surface area contributed by atoms with E-state index in [1.165, 1.54) is 11.5 Å². The second-order valence-corrected chi connectivity index (χ2v) is 5.48. The fourth-order valence-electron chi connectivity index (χ4n) is 3.12. The molecule has 1 unspecified atom stereocenters. The molecule has 0 bridgehead atoms. The molecule has 0 aromatic carbocycles. The molecule has 1 aromatic rings. The van der Waals surface area contributed by atoms with Gasteiger partial charge in [0.1, 0.15) is 5.82 Å². The van der Waals surface area contributed by atoms with E-state index in [0.717, 1.165) is 58.7 Å². The average molecular weight is 265 g/mol. The Morgan fingerprint density at radius 1 is 1.32 bits per heavy atom. The molecule has 5 heteroatoms. The molecule has 1 aromatic heterocycles. The zero-order valence-corrected chi connectivity index (χ0v) is 11.4. The summed E-state index contributed by atoms with van der Waals surface area (Å²) in [5, 5.41) is 9.42. The van der Waals surface area contributed by atoms with Gasteiger partial charge in [0.15, 0.2) is 0 Å². The van der Waals surface area contributed by atoms with Gasteiger partial charge in [0.25, 0.3) is 0 Å². The molecule has 0 spiro atoms. The lowest BCUT2D eigenvalue weighted by Gasteiger charge is -2.27. The first-order chi connectivity index (χ1) is 9.38. The van der Waals surface area contributed by atoms with E-state index in [2.05, 4.69) is 14.5 Å². The average Bonchev–Trinajstić information content (AvgIpc) is 2.89. The van der Waals surface area contributed by atoms with Crippen LogP contribution < -0.4 is 0 Å². The smallest absolute Gasteiger partial charge is 0.110 e. The summed E-state index contributed by atoms with van der Waals surface area (Å²) in [4.78, 5) is 7.02. The molecule has 0 saturated carbocycles. The van der Waals surface area contributed by atoms with Gasteiger partial charge in [-0.15, -0.1) is 0 Å². The van der Waals surface area contributed by atoms with Crippen molar-refractivity contribution in [2.45, 2.75) is 31.7 Å². The maximum absolute atomic E-state index is 9.42. The summed E-state index contributed by atoms with van der Waals surface area (Å²) in [5.41, 5.74) is 1.23. The van der Waals surface area contributed by atoms with Crippen LogP contribution in [0.15, 0.2) is 6.20 Å². The Labute approximate surface area is 114 Å². The van der Waals surface area contributed by atoms with Crippen molar-refractivity contribution >= 4 is 0 Å². The number of ether oxygens (including phenoxy) is 1. The number of imidazole rings is 1. The van der Waals surface area contributed by atoms with E-state index >= 15 is 0 Å². The predicted molar refractivity (Wildman–Crippen MR) is 72.3 cm³/mol. The van der Waals surface area contributed by atoms with E-state index in [0.29, 0.717) is 5.92 Å². The van der Waals surface area contributed by atoms with Gasteiger partial charge in [-0.05, 0) is 12.8 Å². The van der Waals surface area contributed by atoms with Crippen molar-refractivity contribution < 1.29 is 9.84 Å². The van der Waals surface area contributed by atoms with Gasteiger partial charge >= 0.3 is 0 Å². The Balaban J connectivity index is 1.63. The first-order valence-electron chi connectivity index (χ1n) is 7.33. The van der Waals surface area contributed by atoms with Gasteiger partial charge in [0.05, 0.1) is 19.8 Å². The van der Waals surface area contributed by atoms with Crippen LogP contribution in [0.4, 0.5) is 0 Å². The molecule has 0 radical (unpaired) electrons. The summed E-state index contributed by atoms with van der Waals surface area (Å²) in [7, 11) is 0. The van der Waals surface area contributed by atoms with Gasteiger partial charge in [-0.1, -0.05) is 0 Å². The Bertz CT molecular complexity index is 413. The molecule has 1 N–H and O–H groups in total. The number of fused-ring (bicyclic) bond motifs is 1. The molecule has 1 fully saturated rings. The maximum Gasteiger partial charge on any atom is 0.110 e. The highest BCUT2D eigenvalue weighted by Gasteiger charge is 2.22. The molecule has 5 nitrogen and oxygen atoms in total. The van der Waals surface area contributed by atoms with Gasteiger partial charge in [-0.3, -0.25) is 4.90 Å². The van der Waals surface area contributed by atoms with E-state index in [-0.39, 0.29) is 6.61 Å². The lowest BCUT2D eigenvalue weighted by atomic mass is 9.97. The van der Waals surface area contributed by atoms with E-state index in [1.54, 1.807) is 0 Å². The van der Waals surface area contributed by atoms with Crippen molar-refractivity contribution in [2.75, 3.05) is 39.5 Å². The fraction of sp³-hybridized carbons (Fsp3) is 0.786. The third-order valence-corrected chi connectivity index (χ3v) is 4.30. The molecule has 0 amide bonds. The number of rotatable bonds is 4. The van der Waals surface area contributed by atoms with Crippen molar-refractivity contribution in [2.24, 2.45) is 0 Å². The summed E-state index contributed by atoms with van der Waals surface area (Å²) < 4.78 is 7.69. The summed E-state index contributed by atoms with van der Waals surface area (Å²) in [6, 6.07) is 0. The topological polar surface area (TPSA) is 50.5 Å². The van der Waals surface area contributed by atoms with Crippen LogP contribution in [0.1, 0.15) is 30.3 Å². The van der Waals surface area contributed by atoms with Crippen LogP contribution in [0, 0.1) is 0 Å². The zero-order chi connectivity index (χ0) is 13.1.